The van der Waals surface area contributed by atoms with Crippen molar-refractivity contribution in [3.05, 3.63) is 35.4 Å². The molecule has 1 aromatic carbocycles. The third-order valence-electron chi connectivity index (χ3n) is 1.69. The Morgan fingerprint density at radius 1 is 1.40 bits per heavy atom. The molecule has 0 atom stereocenters. The van der Waals surface area contributed by atoms with E-state index in [4.69, 9.17) is 11.1 Å². The summed E-state index contributed by atoms with van der Waals surface area (Å²) in [7, 11) is 1.27. The molecule has 4 heteroatoms. The lowest BCUT2D eigenvalue weighted by atomic mass is 10.1. The number of hydrogen-bond acceptors (Lipinski definition) is 3. The van der Waals surface area contributed by atoms with Crippen molar-refractivity contribution in [3.8, 4) is 11.8 Å². The Bertz CT molecular complexity index is 438. The maximum atomic E-state index is 10.7. The fourth-order valence-corrected chi connectivity index (χ4v) is 0.907. The standard InChI is InChI=1S/C11H10N2O2/c1-15-10(14)7-4-8-2-5-9(6-3-8)11(12)13/h2-3,5-6H,1H3,(H3,12,13). The van der Waals surface area contributed by atoms with Crippen LogP contribution in [0.5, 0.6) is 0 Å². The highest BCUT2D eigenvalue weighted by Gasteiger charge is 1.95. The molecule has 1 rings (SSSR count). The molecule has 0 fully saturated rings. The highest BCUT2D eigenvalue weighted by Crippen LogP contribution is 2.01. The van der Waals surface area contributed by atoms with Crippen LogP contribution < -0.4 is 5.73 Å². The third-order valence-corrected chi connectivity index (χ3v) is 1.69. The van der Waals surface area contributed by atoms with Crippen molar-refractivity contribution in [2.45, 2.75) is 0 Å². The molecule has 0 radical (unpaired) electrons. The summed E-state index contributed by atoms with van der Waals surface area (Å²) in [6.45, 7) is 0. The van der Waals surface area contributed by atoms with E-state index in [0.29, 0.717) is 11.1 Å². The van der Waals surface area contributed by atoms with E-state index in [9.17, 15) is 4.79 Å². The predicted molar refractivity (Wildman–Crippen MR) is 56.4 cm³/mol. The van der Waals surface area contributed by atoms with E-state index in [0.717, 1.165) is 0 Å². The number of carbonyl (C=O) groups is 1. The number of methoxy groups -OCH3 is 1. The average molecular weight is 202 g/mol. The van der Waals surface area contributed by atoms with Crippen LogP contribution in [-0.2, 0) is 9.53 Å². The van der Waals surface area contributed by atoms with Gasteiger partial charge < -0.3 is 10.5 Å². The smallest absolute Gasteiger partial charge is 0.384 e. The molecule has 0 amide bonds. The van der Waals surface area contributed by atoms with E-state index in [1.54, 1.807) is 24.3 Å². The Kier molecular flexibility index (Phi) is 3.47. The van der Waals surface area contributed by atoms with Crippen molar-refractivity contribution in [2.75, 3.05) is 7.11 Å². The van der Waals surface area contributed by atoms with Crippen LogP contribution in [0.25, 0.3) is 0 Å². The molecule has 0 spiro atoms. The van der Waals surface area contributed by atoms with E-state index >= 15 is 0 Å². The molecule has 0 aromatic heterocycles. The average Bonchev–Trinajstić information content (AvgIpc) is 2.26. The number of nitrogens with one attached hydrogen (secondary N) is 1. The number of ether oxygens (including phenoxy) is 1. The van der Waals surface area contributed by atoms with Crippen molar-refractivity contribution in [1.82, 2.24) is 0 Å². The molecule has 76 valence electrons. The van der Waals surface area contributed by atoms with Crippen LogP contribution in [0.3, 0.4) is 0 Å². The second-order valence-electron chi connectivity index (χ2n) is 2.73. The van der Waals surface area contributed by atoms with E-state index in [-0.39, 0.29) is 5.84 Å². The quantitative estimate of drug-likeness (QED) is 0.301. The maximum absolute atomic E-state index is 10.7. The lowest BCUT2D eigenvalue weighted by Crippen LogP contribution is -2.10. The fourth-order valence-electron chi connectivity index (χ4n) is 0.907. The summed E-state index contributed by atoms with van der Waals surface area (Å²) in [5, 5.41) is 7.17. The molecule has 0 saturated heterocycles. The van der Waals surface area contributed by atoms with Gasteiger partial charge in [-0.15, -0.1) is 0 Å². The Labute approximate surface area is 87.6 Å². The largest absolute Gasteiger partial charge is 0.459 e. The Hall–Kier alpha value is -2.28. The third kappa shape index (κ3) is 3.16. The molecular weight excluding hydrogens is 192 g/mol. The molecule has 0 aliphatic heterocycles. The van der Waals surface area contributed by atoms with Gasteiger partial charge >= 0.3 is 5.97 Å². The molecule has 4 nitrogen and oxygen atoms in total. The van der Waals surface area contributed by atoms with Crippen molar-refractivity contribution < 1.29 is 9.53 Å². The number of rotatable bonds is 1. The van der Waals surface area contributed by atoms with Gasteiger partial charge in [0.1, 0.15) is 5.84 Å². The summed E-state index contributed by atoms with van der Waals surface area (Å²) < 4.78 is 4.37. The van der Waals surface area contributed by atoms with Gasteiger partial charge in [0.15, 0.2) is 0 Å². The van der Waals surface area contributed by atoms with Gasteiger partial charge in [0.05, 0.1) is 7.11 Å². The molecule has 15 heavy (non-hydrogen) atoms. The second-order valence-corrected chi connectivity index (χ2v) is 2.73. The van der Waals surface area contributed by atoms with Crippen LogP contribution in [0.1, 0.15) is 11.1 Å². The Morgan fingerprint density at radius 3 is 2.47 bits per heavy atom. The van der Waals surface area contributed by atoms with Crippen molar-refractivity contribution in [3.63, 3.8) is 0 Å². The second kappa shape index (κ2) is 4.82. The first-order valence-corrected chi connectivity index (χ1v) is 4.18. The lowest BCUT2D eigenvalue weighted by Gasteiger charge is -1.96. The first kappa shape index (κ1) is 10.8. The molecule has 0 aliphatic rings. The summed E-state index contributed by atoms with van der Waals surface area (Å²) in [4.78, 5) is 10.7. The van der Waals surface area contributed by atoms with Gasteiger partial charge in [-0.3, -0.25) is 5.41 Å². The molecule has 0 saturated carbocycles. The molecule has 0 unspecified atom stereocenters. The SMILES string of the molecule is COC(=O)C#Cc1ccc(C(=N)N)cc1. The van der Waals surface area contributed by atoms with E-state index in [2.05, 4.69) is 16.6 Å². The molecule has 0 bridgehead atoms. The predicted octanol–water partition coefficient (Wildman–Crippen LogP) is 0.495. The minimum absolute atomic E-state index is 0.00229. The van der Waals surface area contributed by atoms with Crippen molar-refractivity contribution >= 4 is 11.8 Å². The van der Waals surface area contributed by atoms with Gasteiger partial charge in [-0.05, 0) is 12.1 Å². The van der Waals surface area contributed by atoms with Crippen LogP contribution in [0.15, 0.2) is 24.3 Å². The van der Waals surface area contributed by atoms with E-state index in [1.165, 1.54) is 7.11 Å². The molecular formula is C11H10N2O2. The molecule has 1 aromatic rings. The number of hydrogen-bond donors (Lipinski definition) is 2. The summed E-state index contributed by atoms with van der Waals surface area (Å²) in [6.07, 6.45) is 0. The van der Waals surface area contributed by atoms with Crippen molar-refractivity contribution in [1.29, 1.82) is 5.41 Å². The normalized spacial score (nSPS) is 8.60. The van der Waals surface area contributed by atoms with Gasteiger partial charge in [-0.25, -0.2) is 4.79 Å². The van der Waals surface area contributed by atoms with Crippen LogP contribution >= 0.6 is 0 Å². The molecule has 3 N–H and O–H groups in total. The number of esters is 1. The summed E-state index contributed by atoms with van der Waals surface area (Å²) in [6, 6.07) is 6.71. The number of carbonyl (C=O) groups excluding carboxylic acids is 1. The number of amidine groups is 1. The van der Waals surface area contributed by atoms with Crippen LogP contribution in [0, 0.1) is 17.3 Å². The van der Waals surface area contributed by atoms with Gasteiger partial charge in [-0.2, -0.15) is 0 Å². The van der Waals surface area contributed by atoms with Crippen molar-refractivity contribution in [2.24, 2.45) is 5.73 Å². The zero-order chi connectivity index (χ0) is 11.3. The van der Waals surface area contributed by atoms with Gasteiger partial charge in [-0.1, -0.05) is 18.1 Å². The highest BCUT2D eigenvalue weighted by atomic mass is 16.5. The molecule has 0 heterocycles. The summed E-state index contributed by atoms with van der Waals surface area (Å²) in [5.41, 5.74) is 6.58. The topological polar surface area (TPSA) is 76.2 Å². The Morgan fingerprint density at radius 2 is 2.00 bits per heavy atom. The van der Waals surface area contributed by atoms with Crippen LogP contribution in [-0.4, -0.2) is 18.9 Å². The first-order chi connectivity index (χ1) is 7.13. The highest BCUT2D eigenvalue weighted by molar-refractivity contribution is 5.95. The number of nitrogens with two attached hydrogens (primary N) is 1. The van der Waals surface area contributed by atoms with Gasteiger partial charge in [0.2, 0.25) is 0 Å². The zero-order valence-corrected chi connectivity index (χ0v) is 8.20. The molecule has 0 aliphatic carbocycles. The van der Waals surface area contributed by atoms with Crippen LogP contribution in [0.4, 0.5) is 0 Å². The van der Waals surface area contributed by atoms with E-state index < -0.39 is 5.97 Å². The minimum Gasteiger partial charge on any atom is -0.459 e. The van der Waals surface area contributed by atoms with Crippen LogP contribution in [0.2, 0.25) is 0 Å². The first-order valence-electron chi connectivity index (χ1n) is 4.18. The number of benzene rings is 1. The number of nitrogen functional groups attached to an aromatic ring is 1. The monoisotopic (exact) mass is 202 g/mol. The van der Waals surface area contributed by atoms with Gasteiger partial charge in [0.25, 0.3) is 0 Å². The van der Waals surface area contributed by atoms with E-state index in [1.807, 2.05) is 0 Å². The van der Waals surface area contributed by atoms with Gasteiger partial charge in [0, 0.05) is 17.0 Å². The summed E-state index contributed by atoms with van der Waals surface area (Å²) in [5.74, 6) is 4.35. The minimum atomic E-state index is -0.578. The zero-order valence-electron chi connectivity index (χ0n) is 8.20. The lowest BCUT2D eigenvalue weighted by molar-refractivity contribution is -0.133. The summed E-state index contributed by atoms with van der Waals surface area (Å²) >= 11 is 0. The fraction of sp³-hybridized carbons (Fsp3) is 0.0909. The maximum Gasteiger partial charge on any atom is 0.384 e. The Balaban J connectivity index is 2.84.